The van der Waals surface area contributed by atoms with E-state index in [1.807, 2.05) is 0 Å². The van der Waals surface area contributed by atoms with Gasteiger partial charge in [0.1, 0.15) is 9.45 Å². The zero-order valence-electron chi connectivity index (χ0n) is 8.91. The number of rotatable bonds is 2. The molecule has 0 aliphatic rings. The van der Waals surface area contributed by atoms with Gasteiger partial charge in [0.05, 0.1) is 0 Å². The molecule has 0 bridgehead atoms. The number of nitrogens with zero attached hydrogens (tertiary/aromatic N) is 1. The predicted octanol–water partition coefficient (Wildman–Crippen LogP) is 4.25. The normalized spacial score (nSPS) is 11.3. The Labute approximate surface area is 115 Å². The summed E-state index contributed by atoms with van der Waals surface area (Å²) in [5.41, 5.74) is 1.36. The Morgan fingerprint density at radius 2 is 1.83 bits per heavy atom. The highest BCUT2D eigenvalue weighted by Gasteiger charge is 2.31. The smallest absolute Gasteiger partial charge is 0.406 e. The summed E-state index contributed by atoms with van der Waals surface area (Å²) in [4.78, 5) is 4.08. The van der Waals surface area contributed by atoms with Crippen molar-refractivity contribution in [1.82, 2.24) is 4.98 Å². The van der Waals surface area contributed by atoms with Crippen LogP contribution in [0.2, 0.25) is 0 Å². The number of aromatic nitrogens is 1. The molecule has 2 rings (SSSR count). The van der Waals surface area contributed by atoms with Gasteiger partial charge in [0, 0.05) is 11.8 Å². The highest BCUT2D eigenvalue weighted by atomic mass is 127. The quantitative estimate of drug-likeness (QED) is 0.587. The lowest BCUT2D eigenvalue weighted by molar-refractivity contribution is -0.274. The molecule has 0 aliphatic heterocycles. The largest absolute Gasteiger partial charge is 0.573 e. The van der Waals surface area contributed by atoms with Crippen LogP contribution in [-0.4, -0.2) is 11.3 Å². The molecule has 1 aromatic carbocycles. The molecule has 0 spiro atoms. The van der Waals surface area contributed by atoms with Crippen LogP contribution in [0.5, 0.6) is 5.75 Å². The minimum atomic E-state index is -4.68. The first-order valence-electron chi connectivity index (χ1n) is 4.92. The minimum Gasteiger partial charge on any atom is -0.406 e. The van der Waals surface area contributed by atoms with Gasteiger partial charge >= 0.3 is 6.36 Å². The topological polar surface area (TPSA) is 22.1 Å². The molecule has 6 heteroatoms. The molecule has 2 nitrogen and oxygen atoms in total. The van der Waals surface area contributed by atoms with Crippen molar-refractivity contribution in [3.8, 4) is 16.9 Å². The maximum absolute atomic E-state index is 12.1. The molecule has 94 valence electrons. The number of hydrogen-bond donors (Lipinski definition) is 0. The number of hydrogen-bond acceptors (Lipinski definition) is 2. The molecule has 0 fully saturated rings. The molecule has 18 heavy (non-hydrogen) atoms. The van der Waals surface area contributed by atoms with Gasteiger partial charge in [-0.25, -0.2) is 4.98 Å². The molecule has 0 unspecified atom stereocenters. The second-order valence-corrected chi connectivity index (χ2v) is 4.55. The molecular formula is C12H7F3INO. The lowest BCUT2D eigenvalue weighted by Gasteiger charge is -2.10. The van der Waals surface area contributed by atoms with Crippen molar-refractivity contribution < 1.29 is 17.9 Å². The van der Waals surface area contributed by atoms with E-state index in [1.54, 1.807) is 24.4 Å². The van der Waals surface area contributed by atoms with E-state index in [4.69, 9.17) is 0 Å². The van der Waals surface area contributed by atoms with E-state index in [9.17, 15) is 13.2 Å². The molecule has 0 saturated heterocycles. The fourth-order valence-corrected chi connectivity index (χ4v) is 1.74. The van der Waals surface area contributed by atoms with Gasteiger partial charge in [0.25, 0.3) is 0 Å². The van der Waals surface area contributed by atoms with E-state index in [0.29, 0.717) is 5.56 Å². The summed E-state index contributed by atoms with van der Waals surface area (Å²) in [5, 5.41) is 0. The summed E-state index contributed by atoms with van der Waals surface area (Å²) in [6.45, 7) is 0. The number of alkyl halides is 3. The van der Waals surface area contributed by atoms with Crippen LogP contribution in [0.4, 0.5) is 13.2 Å². The van der Waals surface area contributed by atoms with Crippen LogP contribution in [-0.2, 0) is 0 Å². The zero-order chi connectivity index (χ0) is 13.2. The molecule has 1 aromatic heterocycles. The SMILES string of the molecule is FC(F)(F)Oc1cccc(-c2ccc(I)nc2)c1. The van der Waals surface area contributed by atoms with Gasteiger partial charge in [-0.15, -0.1) is 13.2 Å². The van der Waals surface area contributed by atoms with Crippen LogP contribution < -0.4 is 4.74 Å². The second kappa shape index (κ2) is 5.13. The lowest BCUT2D eigenvalue weighted by atomic mass is 10.1. The van der Waals surface area contributed by atoms with Crippen molar-refractivity contribution in [3.05, 3.63) is 46.3 Å². The van der Waals surface area contributed by atoms with E-state index in [0.717, 1.165) is 9.26 Å². The van der Waals surface area contributed by atoms with Gasteiger partial charge in [-0.2, -0.15) is 0 Å². The Hall–Kier alpha value is -1.31. The predicted molar refractivity (Wildman–Crippen MR) is 69.1 cm³/mol. The number of ether oxygens (including phenoxy) is 1. The average Bonchev–Trinajstić information content (AvgIpc) is 2.28. The Bertz CT molecular complexity index is 540. The average molecular weight is 365 g/mol. The third-order valence-electron chi connectivity index (χ3n) is 2.13. The number of pyridine rings is 1. The van der Waals surface area contributed by atoms with Crippen LogP contribution in [0.1, 0.15) is 0 Å². The van der Waals surface area contributed by atoms with Crippen LogP contribution in [0.3, 0.4) is 0 Å². The van der Waals surface area contributed by atoms with Crippen LogP contribution >= 0.6 is 22.6 Å². The molecular weight excluding hydrogens is 358 g/mol. The standard InChI is InChI=1S/C12H7F3INO/c13-12(14,15)18-10-3-1-2-8(6-10)9-4-5-11(16)17-7-9/h1-7H. The fraction of sp³-hybridized carbons (Fsp3) is 0.0833. The molecule has 0 amide bonds. The van der Waals surface area contributed by atoms with Gasteiger partial charge in [-0.05, 0) is 46.4 Å². The van der Waals surface area contributed by atoms with Crippen molar-refractivity contribution in [2.45, 2.75) is 6.36 Å². The Morgan fingerprint density at radius 3 is 2.44 bits per heavy atom. The van der Waals surface area contributed by atoms with Crippen molar-refractivity contribution in [2.75, 3.05) is 0 Å². The zero-order valence-corrected chi connectivity index (χ0v) is 11.1. The van der Waals surface area contributed by atoms with Gasteiger partial charge in [0.2, 0.25) is 0 Å². The first-order valence-corrected chi connectivity index (χ1v) is 6.00. The third kappa shape index (κ3) is 3.59. The summed E-state index contributed by atoms with van der Waals surface area (Å²) in [6, 6.07) is 9.38. The molecule has 0 atom stereocenters. The van der Waals surface area contributed by atoms with Crippen molar-refractivity contribution >= 4 is 22.6 Å². The molecule has 0 radical (unpaired) electrons. The van der Waals surface area contributed by atoms with Crippen molar-refractivity contribution in [3.63, 3.8) is 0 Å². The molecule has 2 aromatic rings. The first-order chi connectivity index (χ1) is 8.44. The van der Waals surface area contributed by atoms with E-state index >= 15 is 0 Å². The van der Waals surface area contributed by atoms with E-state index in [1.165, 1.54) is 18.2 Å². The minimum absolute atomic E-state index is 0.237. The maximum Gasteiger partial charge on any atom is 0.573 e. The number of halogens is 4. The maximum atomic E-state index is 12.1. The van der Waals surface area contributed by atoms with Gasteiger partial charge in [0.15, 0.2) is 0 Å². The monoisotopic (exact) mass is 365 g/mol. The highest BCUT2D eigenvalue weighted by Crippen LogP contribution is 2.27. The lowest BCUT2D eigenvalue weighted by Crippen LogP contribution is -2.17. The van der Waals surface area contributed by atoms with E-state index in [-0.39, 0.29) is 5.75 Å². The summed E-state index contributed by atoms with van der Waals surface area (Å²) in [5.74, 6) is -0.237. The Morgan fingerprint density at radius 1 is 1.06 bits per heavy atom. The Balaban J connectivity index is 2.29. The van der Waals surface area contributed by atoms with Crippen LogP contribution in [0.15, 0.2) is 42.6 Å². The first kappa shape index (κ1) is 13.1. The van der Waals surface area contributed by atoms with Crippen LogP contribution in [0.25, 0.3) is 11.1 Å². The van der Waals surface area contributed by atoms with Gasteiger partial charge < -0.3 is 4.74 Å². The Kier molecular flexibility index (Phi) is 3.74. The van der Waals surface area contributed by atoms with E-state index in [2.05, 4.69) is 32.3 Å². The van der Waals surface area contributed by atoms with Crippen molar-refractivity contribution in [1.29, 1.82) is 0 Å². The summed E-state index contributed by atoms with van der Waals surface area (Å²) in [7, 11) is 0. The molecule has 1 heterocycles. The summed E-state index contributed by atoms with van der Waals surface area (Å²) in [6.07, 6.45) is -3.07. The highest BCUT2D eigenvalue weighted by molar-refractivity contribution is 14.1. The number of benzene rings is 1. The molecule has 0 aliphatic carbocycles. The molecule has 0 N–H and O–H groups in total. The van der Waals surface area contributed by atoms with Crippen LogP contribution in [0, 0.1) is 3.70 Å². The van der Waals surface area contributed by atoms with Gasteiger partial charge in [-0.3, -0.25) is 0 Å². The van der Waals surface area contributed by atoms with E-state index < -0.39 is 6.36 Å². The van der Waals surface area contributed by atoms with Crippen molar-refractivity contribution in [2.24, 2.45) is 0 Å². The third-order valence-corrected chi connectivity index (χ3v) is 2.77. The summed E-state index contributed by atoms with van der Waals surface area (Å²) < 4.78 is 41.0. The molecule has 0 saturated carbocycles. The summed E-state index contributed by atoms with van der Waals surface area (Å²) >= 11 is 2.06. The second-order valence-electron chi connectivity index (χ2n) is 3.45. The fourth-order valence-electron chi connectivity index (χ4n) is 1.42. The van der Waals surface area contributed by atoms with Gasteiger partial charge in [-0.1, -0.05) is 18.2 Å².